The second kappa shape index (κ2) is 12.1. The molecule has 10 heteroatoms. The molecule has 224 valence electrons. The number of halogens is 3. The summed E-state index contributed by atoms with van der Waals surface area (Å²) in [6.45, 7) is 7.96. The van der Waals surface area contributed by atoms with Gasteiger partial charge in [0.15, 0.2) is 5.82 Å². The zero-order valence-electron chi connectivity index (χ0n) is 24.4. The molecular weight excluding hydrogens is 577 g/mol. The van der Waals surface area contributed by atoms with E-state index in [1.807, 2.05) is 68.4 Å². The second-order valence-corrected chi connectivity index (χ2v) is 10.4. The number of fused-ring (bicyclic) bond motifs is 1. The Bertz CT molecular complexity index is 2050. The smallest absolute Gasteiger partial charge is 0.416 e. The van der Waals surface area contributed by atoms with Crippen LogP contribution in [0.5, 0.6) is 11.5 Å². The normalized spacial score (nSPS) is 11.9. The number of aryl methyl sites for hydroxylation is 1. The van der Waals surface area contributed by atoms with Gasteiger partial charge in [0, 0.05) is 36.4 Å². The minimum Gasteiger partial charge on any atom is -0.457 e. The Morgan fingerprint density at radius 3 is 2.47 bits per heavy atom. The van der Waals surface area contributed by atoms with Crippen molar-refractivity contribution in [3.8, 4) is 34.1 Å². The lowest BCUT2D eigenvalue weighted by Gasteiger charge is -2.13. The van der Waals surface area contributed by atoms with Crippen LogP contribution in [0.1, 0.15) is 18.1 Å². The number of nitrogens with one attached hydrogen (secondary N) is 2. The van der Waals surface area contributed by atoms with Gasteiger partial charge in [-0.15, -0.1) is 0 Å². The lowest BCUT2D eigenvalue weighted by atomic mass is 10.1. The van der Waals surface area contributed by atoms with Gasteiger partial charge in [-0.2, -0.15) is 13.2 Å². The highest BCUT2D eigenvalue weighted by Gasteiger charge is 2.30. The number of aromatic nitrogens is 4. The fraction of sp³-hybridized carbons (Fsp3) is 0.0857. The average Bonchev–Trinajstić information content (AvgIpc) is 3.46. The molecule has 0 saturated heterocycles. The van der Waals surface area contributed by atoms with Crippen molar-refractivity contribution in [2.24, 2.45) is 4.99 Å². The van der Waals surface area contributed by atoms with E-state index in [0.717, 1.165) is 40.1 Å². The van der Waals surface area contributed by atoms with Gasteiger partial charge in [0.1, 0.15) is 23.0 Å². The van der Waals surface area contributed by atoms with Gasteiger partial charge in [-0.3, -0.25) is 9.97 Å². The van der Waals surface area contributed by atoms with Crippen LogP contribution in [-0.4, -0.2) is 25.8 Å². The SMILES string of the molecule is C=C(C)C(=Nc1cc(Oc2ccnc(-c3nc4cc(C(F)(F)F)ccc4[nH]3)c2)ccc1C)Nc1cccc(-c2ccncc2)c1. The molecule has 0 saturated carbocycles. The van der Waals surface area contributed by atoms with E-state index in [4.69, 9.17) is 9.73 Å². The van der Waals surface area contributed by atoms with Gasteiger partial charge >= 0.3 is 6.18 Å². The van der Waals surface area contributed by atoms with Crippen LogP contribution in [0.2, 0.25) is 0 Å². The first-order valence-electron chi connectivity index (χ1n) is 14.0. The topological polar surface area (TPSA) is 88.1 Å². The number of H-pyrrole nitrogens is 1. The number of alkyl halides is 3. The molecule has 0 amide bonds. The Hall–Kier alpha value is -5.77. The van der Waals surface area contributed by atoms with Crippen molar-refractivity contribution in [3.05, 3.63) is 127 Å². The average molecular weight is 605 g/mol. The van der Waals surface area contributed by atoms with Crippen molar-refractivity contribution in [3.63, 3.8) is 0 Å². The Morgan fingerprint density at radius 2 is 1.69 bits per heavy atom. The number of aromatic amines is 1. The number of aliphatic imine (C=N–C) groups is 1. The van der Waals surface area contributed by atoms with Gasteiger partial charge in [-0.1, -0.05) is 24.8 Å². The summed E-state index contributed by atoms with van der Waals surface area (Å²) >= 11 is 0. The van der Waals surface area contributed by atoms with E-state index in [1.54, 1.807) is 30.7 Å². The molecule has 6 aromatic rings. The summed E-state index contributed by atoms with van der Waals surface area (Å²) < 4.78 is 45.6. The molecule has 0 spiro atoms. The maximum Gasteiger partial charge on any atom is 0.416 e. The van der Waals surface area contributed by atoms with Gasteiger partial charge in [0.05, 0.1) is 22.3 Å². The van der Waals surface area contributed by atoms with E-state index in [2.05, 4.69) is 31.8 Å². The third-order valence-corrected chi connectivity index (χ3v) is 6.98. The zero-order valence-corrected chi connectivity index (χ0v) is 24.4. The number of hydrogen-bond donors (Lipinski definition) is 2. The minimum absolute atomic E-state index is 0.194. The highest BCUT2D eigenvalue weighted by Crippen LogP contribution is 2.33. The highest BCUT2D eigenvalue weighted by atomic mass is 19.4. The number of nitrogens with zero attached hydrogens (tertiary/aromatic N) is 4. The van der Waals surface area contributed by atoms with Crippen molar-refractivity contribution < 1.29 is 17.9 Å². The fourth-order valence-corrected chi connectivity index (χ4v) is 4.62. The van der Waals surface area contributed by atoms with Crippen molar-refractivity contribution in [1.29, 1.82) is 0 Å². The van der Waals surface area contributed by atoms with Gasteiger partial charge in [0.2, 0.25) is 0 Å². The quantitative estimate of drug-likeness (QED) is 0.140. The fourth-order valence-electron chi connectivity index (χ4n) is 4.62. The summed E-state index contributed by atoms with van der Waals surface area (Å²) in [6.07, 6.45) is 0.615. The van der Waals surface area contributed by atoms with Crippen molar-refractivity contribution >= 4 is 28.2 Å². The summed E-state index contributed by atoms with van der Waals surface area (Å²) in [7, 11) is 0. The van der Waals surface area contributed by atoms with Crippen LogP contribution < -0.4 is 10.1 Å². The number of amidine groups is 1. The molecular formula is C35H27F3N6O. The molecule has 3 aromatic heterocycles. The molecule has 0 aliphatic rings. The summed E-state index contributed by atoms with van der Waals surface area (Å²) in [4.78, 5) is 20.7. The lowest BCUT2D eigenvalue weighted by molar-refractivity contribution is -0.137. The number of rotatable bonds is 7. The number of hydrogen-bond acceptors (Lipinski definition) is 5. The third-order valence-electron chi connectivity index (χ3n) is 6.98. The first-order chi connectivity index (χ1) is 21.6. The van der Waals surface area contributed by atoms with Crippen LogP contribution in [-0.2, 0) is 6.18 Å². The van der Waals surface area contributed by atoms with E-state index >= 15 is 0 Å². The van der Waals surface area contributed by atoms with E-state index in [0.29, 0.717) is 40.1 Å². The molecule has 3 heterocycles. The molecule has 0 atom stereocenters. The molecule has 45 heavy (non-hydrogen) atoms. The molecule has 3 aromatic carbocycles. The molecule has 0 aliphatic carbocycles. The van der Waals surface area contributed by atoms with E-state index in [9.17, 15) is 13.2 Å². The molecule has 0 unspecified atom stereocenters. The predicted octanol–water partition coefficient (Wildman–Crippen LogP) is 9.52. The van der Waals surface area contributed by atoms with Gasteiger partial charge < -0.3 is 15.0 Å². The van der Waals surface area contributed by atoms with Crippen LogP contribution in [0.4, 0.5) is 24.5 Å². The third kappa shape index (κ3) is 6.75. The van der Waals surface area contributed by atoms with Crippen LogP contribution in [0, 0.1) is 6.92 Å². The lowest BCUT2D eigenvalue weighted by Crippen LogP contribution is -2.12. The first-order valence-corrected chi connectivity index (χ1v) is 14.0. The summed E-state index contributed by atoms with van der Waals surface area (Å²) in [5.41, 5.74) is 5.66. The van der Waals surface area contributed by atoms with Crippen molar-refractivity contribution in [1.82, 2.24) is 19.9 Å². The van der Waals surface area contributed by atoms with Crippen molar-refractivity contribution in [2.45, 2.75) is 20.0 Å². The highest BCUT2D eigenvalue weighted by molar-refractivity contribution is 6.08. The van der Waals surface area contributed by atoms with E-state index in [1.165, 1.54) is 6.07 Å². The summed E-state index contributed by atoms with van der Waals surface area (Å²) in [6, 6.07) is 24.2. The predicted molar refractivity (Wildman–Crippen MR) is 171 cm³/mol. The Labute approximate surface area is 257 Å². The maximum atomic E-state index is 13.2. The Morgan fingerprint density at radius 1 is 0.889 bits per heavy atom. The number of imidazole rings is 1. The second-order valence-electron chi connectivity index (χ2n) is 10.4. The molecule has 6 rings (SSSR count). The van der Waals surface area contributed by atoms with Gasteiger partial charge in [-0.05, 0) is 90.7 Å². The zero-order chi connectivity index (χ0) is 31.6. The number of benzene rings is 3. The number of pyridine rings is 2. The maximum absolute atomic E-state index is 13.2. The van der Waals surface area contributed by atoms with Crippen LogP contribution in [0.3, 0.4) is 0 Å². The van der Waals surface area contributed by atoms with E-state index < -0.39 is 11.7 Å². The monoisotopic (exact) mass is 604 g/mol. The Balaban J connectivity index is 1.24. The molecule has 0 bridgehead atoms. The number of anilines is 1. The molecule has 0 radical (unpaired) electrons. The molecule has 2 N–H and O–H groups in total. The van der Waals surface area contributed by atoms with Gasteiger partial charge in [0.25, 0.3) is 0 Å². The molecule has 0 fully saturated rings. The molecule has 7 nitrogen and oxygen atoms in total. The van der Waals surface area contributed by atoms with Gasteiger partial charge in [-0.25, -0.2) is 9.98 Å². The van der Waals surface area contributed by atoms with E-state index in [-0.39, 0.29) is 5.52 Å². The summed E-state index contributed by atoms with van der Waals surface area (Å²) in [5, 5.41) is 3.39. The van der Waals surface area contributed by atoms with Crippen LogP contribution in [0.25, 0.3) is 33.7 Å². The van der Waals surface area contributed by atoms with Crippen LogP contribution in [0.15, 0.2) is 121 Å². The van der Waals surface area contributed by atoms with Crippen molar-refractivity contribution in [2.75, 3.05) is 5.32 Å². The summed E-state index contributed by atoms with van der Waals surface area (Å²) in [5.74, 6) is 1.94. The first kappa shape index (κ1) is 29.3. The molecule has 0 aliphatic heterocycles. The minimum atomic E-state index is -4.46. The largest absolute Gasteiger partial charge is 0.457 e. The van der Waals surface area contributed by atoms with Crippen LogP contribution >= 0.6 is 0 Å². The standard InChI is InChI=1S/C35H27F3N6O/c1-21(2)33(41-26-6-4-5-24(17-26)23-11-14-39-15-12-23)43-30-19-27(9-7-22(30)3)45-28-13-16-40-32(20-28)34-42-29-10-8-25(35(36,37)38)18-31(29)44-34/h4-20H,1H2,2-3H3,(H,41,43)(H,42,44). The number of ether oxygens (including phenoxy) is 1. The Kier molecular flexibility index (Phi) is 7.87.